The van der Waals surface area contributed by atoms with Crippen LogP contribution in [0, 0.1) is 13.8 Å². The average Bonchev–Trinajstić information content (AvgIpc) is 3.37. The van der Waals surface area contributed by atoms with Crippen molar-refractivity contribution < 1.29 is 9.53 Å². The van der Waals surface area contributed by atoms with Gasteiger partial charge in [0.1, 0.15) is 10.7 Å². The van der Waals surface area contributed by atoms with Crippen molar-refractivity contribution in [3.05, 3.63) is 44.3 Å². The van der Waals surface area contributed by atoms with E-state index in [1.807, 2.05) is 13.8 Å². The lowest BCUT2D eigenvalue weighted by Crippen LogP contribution is -2.43. The lowest BCUT2D eigenvalue weighted by atomic mass is 9.95. The van der Waals surface area contributed by atoms with Crippen LogP contribution in [0.4, 0.5) is 0 Å². The number of nitrogens with one attached hydrogen (secondary N) is 1. The van der Waals surface area contributed by atoms with E-state index in [-0.39, 0.29) is 17.4 Å². The number of rotatable bonds is 5. The largest absolute Gasteiger partial charge is 0.379 e. The lowest BCUT2D eigenvalue weighted by molar-refractivity contribution is 0.0169. The molecule has 0 aromatic carbocycles. The zero-order valence-electron chi connectivity index (χ0n) is 18.8. The first kappa shape index (κ1) is 22.3. The molecule has 31 heavy (non-hydrogen) atoms. The van der Waals surface area contributed by atoms with Gasteiger partial charge in [-0.2, -0.15) is 0 Å². The Morgan fingerprint density at radius 3 is 2.65 bits per heavy atom. The summed E-state index contributed by atoms with van der Waals surface area (Å²) in [5, 5.41) is 6.30. The van der Waals surface area contributed by atoms with Gasteiger partial charge in [-0.1, -0.05) is 26.8 Å². The Morgan fingerprint density at radius 2 is 2.00 bits per heavy atom. The summed E-state index contributed by atoms with van der Waals surface area (Å²) in [5.41, 5.74) is 1.77. The number of carbonyl (C=O) groups is 1. The number of hydrogen-bond donors (Lipinski definition) is 1. The highest BCUT2D eigenvalue weighted by atomic mass is 32.1. The van der Waals surface area contributed by atoms with Crippen LogP contribution in [0.1, 0.15) is 58.4 Å². The quantitative estimate of drug-likeness (QED) is 0.611. The summed E-state index contributed by atoms with van der Waals surface area (Å²) < 4.78 is 5.52. The second kappa shape index (κ2) is 8.94. The molecule has 1 N–H and O–H groups in total. The van der Waals surface area contributed by atoms with Crippen LogP contribution in [-0.2, 0) is 10.2 Å². The summed E-state index contributed by atoms with van der Waals surface area (Å²) in [6.07, 6.45) is 0. The molecule has 8 heteroatoms. The molecular weight excluding hydrogens is 428 g/mol. The summed E-state index contributed by atoms with van der Waals surface area (Å²) in [5.74, 6) is 0.780. The van der Waals surface area contributed by atoms with E-state index in [4.69, 9.17) is 14.7 Å². The zero-order chi connectivity index (χ0) is 22.2. The van der Waals surface area contributed by atoms with Gasteiger partial charge in [-0.05, 0) is 30.9 Å². The van der Waals surface area contributed by atoms with Crippen molar-refractivity contribution in [1.29, 1.82) is 0 Å². The number of amides is 1. The van der Waals surface area contributed by atoms with Crippen LogP contribution < -0.4 is 5.32 Å². The highest BCUT2D eigenvalue weighted by molar-refractivity contribution is 7.20. The fourth-order valence-corrected chi connectivity index (χ4v) is 5.95. The van der Waals surface area contributed by atoms with Crippen LogP contribution in [-0.4, -0.2) is 53.6 Å². The Balaban J connectivity index is 1.57. The van der Waals surface area contributed by atoms with Crippen molar-refractivity contribution in [2.24, 2.45) is 0 Å². The zero-order valence-corrected chi connectivity index (χ0v) is 20.5. The molecule has 0 aliphatic carbocycles. The van der Waals surface area contributed by atoms with Gasteiger partial charge in [-0.3, -0.25) is 9.69 Å². The number of thiophene rings is 2. The second-order valence-electron chi connectivity index (χ2n) is 9.01. The summed E-state index contributed by atoms with van der Waals surface area (Å²) in [6.45, 7) is 14.1. The molecule has 4 rings (SSSR count). The van der Waals surface area contributed by atoms with Crippen LogP contribution in [0.3, 0.4) is 0 Å². The van der Waals surface area contributed by atoms with Gasteiger partial charge in [0.05, 0.1) is 29.8 Å². The molecule has 0 spiro atoms. The highest BCUT2D eigenvalue weighted by Crippen LogP contribution is 2.33. The minimum atomic E-state index is -0.134. The van der Waals surface area contributed by atoms with Gasteiger partial charge in [0.15, 0.2) is 0 Å². The van der Waals surface area contributed by atoms with Crippen LogP contribution in [0.25, 0.3) is 10.2 Å². The molecule has 0 saturated carbocycles. The molecular formula is C23H30N4O2S2. The van der Waals surface area contributed by atoms with Gasteiger partial charge in [-0.25, -0.2) is 9.97 Å². The molecule has 1 fully saturated rings. The second-order valence-corrected chi connectivity index (χ2v) is 11.0. The van der Waals surface area contributed by atoms with Gasteiger partial charge in [0, 0.05) is 35.3 Å². The number of fused-ring (bicyclic) bond motifs is 1. The Kier molecular flexibility index (Phi) is 6.44. The first-order valence-electron chi connectivity index (χ1n) is 10.7. The summed E-state index contributed by atoms with van der Waals surface area (Å²) in [4.78, 5) is 28.0. The van der Waals surface area contributed by atoms with E-state index in [1.165, 1.54) is 16.2 Å². The summed E-state index contributed by atoms with van der Waals surface area (Å²) >= 11 is 3.20. The van der Waals surface area contributed by atoms with Crippen molar-refractivity contribution in [1.82, 2.24) is 20.2 Å². The Labute approximate surface area is 191 Å². The molecule has 1 atom stereocenters. The van der Waals surface area contributed by atoms with Gasteiger partial charge in [0.25, 0.3) is 5.91 Å². The number of ether oxygens (including phenoxy) is 1. The van der Waals surface area contributed by atoms with Crippen LogP contribution in [0.2, 0.25) is 0 Å². The number of carbonyl (C=O) groups excluding carboxylic acids is 1. The Hall–Kier alpha value is -1.87. The van der Waals surface area contributed by atoms with E-state index < -0.39 is 0 Å². The number of nitrogens with zero attached hydrogens (tertiary/aromatic N) is 3. The molecule has 1 aliphatic rings. The third-order valence-electron chi connectivity index (χ3n) is 5.66. The number of aryl methyl sites for hydroxylation is 2. The van der Waals surface area contributed by atoms with Crippen LogP contribution in [0.5, 0.6) is 0 Å². The molecule has 3 aromatic rings. The number of morpholine rings is 1. The molecule has 6 nitrogen and oxygen atoms in total. The van der Waals surface area contributed by atoms with Crippen LogP contribution >= 0.6 is 22.7 Å². The summed E-state index contributed by atoms with van der Waals surface area (Å²) in [7, 11) is 0. The van der Waals surface area contributed by atoms with Crippen LogP contribution in [0.15, 0.2) is 17.5 Å². The molecule has 0 bridgehead atoms. The van der Waals surface area contributed by atoms with E-state index in [0.29, 0.717) is 6.54 Å². The predicted octanol–water partition coefficient (Wildman–Crippen LogP) is 4.47. The normalized spacial score (nSPS) is 16.5. The molecule has 3 aromatic heterocycles. The predicted molar refractivity (Wildman–Crippen MR) is 127 cm³/mol. The number of aromatic nitrogens is 2. The number of hydrogen-bond acceptors (Lipinski definition) is 7. The van der Waals surface area contributed by atoms with Gasteiger partial charge < -0.3 is 10.1 Å². The minimum Gasteiger partial charge on any atom is -0.379 e. The molecule has 166 valence electrons. The molecule has 0 radical (unpaired) electrons. The van der Waals surface area contributed by atoms with Crippen molar-refractivity contribution in [2.75, 3.05) is 32.8 Å². The lowest BCUT2D eigenvalue weighted by Gasteiger charge is -2.34. The summed E-state index contributed by atoms with van der Waals surface area (Å²) in [6, 6.07) is 4.38. The molecule has 1 saturated heterocycles. The maximum atomic E-state index is 13.2. The third-order valence-corrected chi connectivity index (χ3v) is 7.82. The first-order chi connectivity index (χ1) is 14.8. The van der Waals surface area contributed by atoms with E-state index in [0.717, 1.165) is 58.5 Å². The maximum Gasteiger partial charge on any atom is 0.261 e. The van der Waals surface area contributed by atoms with E-state index in [2.05, 4.69) is 48.5 Å². The Bertz CT molecular complexity index is 1060. The smallest absolute Gasteiger partial charge is 0.261 e. The van der Waals surface area contributed by atoms with E-state index in [1.54, 1.807) is 11.3 Å². The standard InChI is InChI=1S/C23H30N4O2S2/c1-14-18-15(2)25-22(23(3,4)5)26-21(18)31-19(14)20(28)24-13-16(17-7-6-12-30-17)27-8-10-29-11-9-27/h6-7,12,16H,8-11,13H2,1-5H3,(H,24,28)/t16-/m1/s1. The molecule has 1 aliphatic heterocycles. The molecule has 0 unspecified atom stereocenters. The van der Waals surface area contributed by atoms with Crippen molar-refractivity contribution in [3.8, 4) is 0 Å². The molecule has 1 amide bonds. The minimum absolute atomic E-state index is 0.0352. The third kappa shape index (κ3) is 4.67. The fourth-order valence-electron chi connectivity index (χ4n) is 3.94. The molecule has 4 heterocycles. The monoisotopic (exact) mass is 458 g/mol. The van der Waals surface area contributed by atoms with Gasteiger partial charge in [0.2, 0.25) is 0 Å². The van der Waals surface area contributed by atoms with Gasteiger partial charge >= 0.3 is 0 Å². The fraction of sp³-hybridized carbons (Fsp3) is 0.522. The van der Waals surface area contributed by atoms with Gasteiger partial charge in [-0.15, -0.1) is 22.7 Å². The van der Waals surface area contributed by atoms with Crippen molar-refractivity contribution in [2.45, 2.75) is 46.1 Å². The SMILES string of the molecule is Cc1nc(C(C)(C)C)nc2sc(C(=O)NC[C@H](c3cccs3)N3CCOCC3)c(C)c12. The Morgan fingerprint density at radius 1 is 1.26 bits per heavy atom. The topological polar surface area (TPSA) is 67.4 Å². The maximum absolute atomic E-state index is 13.2. The average molecular weight is 459 g/mol. The highest BCUT2D eigenvalue weighted by Gasteiger charge is 2.26. The van der Waals surface area contributed by atoms with Crippen molar-refractivity contribution in [3.63, 3.8) is 0 Å². The van der Waals surface area contributed by atoms with E-state index >= 15 is 0 Å². The van der Waals surface area contributed by atoms with E-state index in [9.17, 15) is 4.79 Å². The van der Waals surface area contributed by atoms with Crippen molar-refractivity contribution >= 4 is 38.8 Å². The first-order valence-corrected chi connectivity index (χ1v) is 12.4.